The van der Waals surface area contributed by atoms with E-state index in [1.807, 2.05) is 12.1 Å². The second kappa shape index (κ2) is 8.25. The first-order chi connectivity index (χ1) is 12.1. The average Bonchev–Trinajstić information content (AvgIpc) is 2.64. The number of aliphatic hydroxyl groups excluding tert-OH is 2. The molecular formula is C18H26N2O5. The molecule has 2 fully saturated rings. The molecule has 2 N–H and O–H groups in total. The van der Waals surface area contributed by atoms with Crippen LogP contribution in [0.5, 0.6) is 0 Å². The first-order valence-corrected chi connectivity index (χ1v) is 8.66. The average molecular weight is 350 g/mol. The molecule has 0 spiro atoms. The van der Waals surface area contributed by atoms with Gasteiger partial charge in [-0.2, -0.15) is 0 Å². The molecule has 1 aromatic rings. The minimum absolute atomic E-state index is 0.0932. The van der Waals surface area contributed by atoms with E-state index in [9.17, 15) is 15.0 Å². The summed E-state index contributed by atoms with van der Waals surface area (Å²) in [7, 11) is 1.62. The minimum atomic E-state index is -0.997. The minimum Gasteiger partial charge on any atom is -0.388 e. The number of carbonyl (C=O) groups is 1. The largest absolute Gasteiger partial charge is 0.388 e. The lowest BCUT2D eigenvalue weighted by Crippen LogP contribution is -2.56. The third-order valence-electron chi connectivity index (χ3n) is 4.89. The number of aliphatic hydroxyl groups is 2. The number of rotatable bonds is 4. The highest BCUT2D eigenvalue weighted by molar-refractivity contribution is 5.94. The van der Waals surface area contributed by atoms with Crippen molar-refractivity contribution in [3.8, 4) is 0 Å². The molecule has 2 heterocycles. The summed E-state index contributed by atoms with van der Waals surface area (Å²) in [5, 5.41) is 19.8. The first-order valence-electron chi connectivity index (χ1n) is 8.66. The zero-order chi connectivity index (χ0) is 17.8. The summed E-state index contributed by atoms with van der Waals surface area (Å²) in [4.78, 5) is 16.4. The van der Waals surface area contributed by atoms with Crippen LogP contribution in [0.2, 0.25) is 0 Å². The number of benzene rings is 1. The smallest absolute Gasteiger partial charge is 0.254 e. The van der Waals surface area contributed by atoms with E-state index in [0.717, 1.165) is 38.4 Å². The van der Waals surface area contributed by atoms with E-state index in [4.69, 9.17) is 9.47 Å². The summed E-state index contributed by atoms with van der Waals surface area (Å²) in [5.74, 6) is -0.195. The van der Waals surface area contributed by atoms with Gasteiger partial charge in [-0.3, -0.25) is 9.69 Å². The number of ether oxygens (including phenoxy) is 2. The van der Waals surface area contributed by atoms with Crippen LogP contribution in [0.15, 0.2) is 24.3 Å². The highest BCUT2D eigenvalue weighted by Gasteiger charge is 2.36. The van der Waals surface area contributed by atoms with Gasteiger partial charge in [-0.15, -0.1) is 0 Å². The predicted octanol–water partition coefficient (Wildman–Crippen LogP) is -0.289. The summed E-state index contributed by atoms with van der Waals surface area (Å²) < 4.78 is 10.6. The van der Waals surface area contributed by atoms with Crippen LogP contribution in [-0.2, 0) is 16.0 Å². The maximum atomic E-state index is 12.6. The molecule has 138 valence electrons. The van der Waals surface area contributed by atoms with Crippen molar-refractivity contribution < 1.29 is 24.5 Å². The number of morpholine rings is 1. The van der Waals surface area contributed by atoms with E-state index >= 15 is 0 Å². The molecule has 2 saturated heterocycles. The SMILES string of the molecule is CN(C(=O)c1ccc(CN2CCOCC2)cc1)[C@@H]1COC[C@@H](O)[C@H]1O. The molecule has 25 heavy (non-hydrogen) atoms. The normalized spacial score (nSPS) is 27.9. The lowest BCUT2D eigenvalue weighted by Gasteiger charge is -2.37. The Morgan fingerprint density at radius 1 is 1.16 bits per heavy atom. The molecule has 2 aliphatic rings. The van der Waals surface area contributed by atoms with Crippen LogP contribution in [0.25, 0.3) is 0 Å². The molecule has 1 aromatic carbocycles. The zero-order valence-electron chi connectivity index (χ0n) is 14.5. The predicted molar refractivity (Wildman–Crippen MR) is 91.3 cm³/mol. The first kappa shape index (κ1) is 18.3. The maximum absolute atomic E-state index is 12.6. The summed E-state index contributed by atoms with van der Waals surface area (Å²) >= 11 is 0. The summed E-state index contributed by atoms with van der Waals surface area (Å²) in [6.45, 7) is 4.52. The van der Waals surface area contributed by atoms with Crippen molar-refractivity contribution >= 4 is 5.91 Å². The second-order valence-corrected chi connectivity index (χ2v) is 6.66. The van der Waals surface area contributed by atoms with Gasteiger partial charge in [0.1, 0.15) is 12.2 Å². The van der Waals surface area contributed by atoms with Crippen LogP contribution in [0, 0.1) is 0 Å². The van der Waals surface area contributed by atoms with Gasteiger partial charge in [-0.05, 0) is 17.7 Å². The third kappa shape index (κ3) is 4.37. The zero-order valence-corrected chi connectivity index (χ0v) is 14.5. The van der Waals surface area contributed by atoms with Crippen LogP contribution in [-0.4, -0.2) is 90.7 Å². The van der Waals surface area contributed by atoms with Crippen molar-refractivity contribution in [1.29, 1.82) is 0 Å². The van der Waals surface area contributed by atoms with Crippen LogP contribution in [0.1, 0.15) is 15.9 Å². The van der Waals surface area contributed by atoms with Gasteiger partial charge in [0.2, 0.25) is 0 Å². The van der Waals surface area contributed by atoms with E-state index in [2.05, 4.69) is 4.90 Å². The van der Waals surface area contributed by atoms with Crippen molar-refractivity contribution in [1.82, 2.24) is 9.80 Å². The second-order valence-electron chi connectivity index (χ2n) is 6.66. The van der Waals surface area contributed by atoms with Crippen molar-refractivity contribution in [3.63, 3.8) is 0 Å². The van der Waals surface area contributed by atoms with Gasteiger partial charge in [-0.1, -0.05) is 12.1 Å². The number of amides is 1. The van der Waals surface area contributed by atoms with Gasteiger partial charge in [0.15, 0.2) is 0 Å². The monoisotopic (exact) mass is 350 g/mol. The van der Waals surface area contributed by atoms with Crippen molar-refractivity contribution in [2.24, 2.45) is 0 Å². The Morgan fingerprint density at radius 3 is 2.52 bits per heavy atom. The van der Waals surface area contributed by atoms with Crippen LogP contribution >= 0.6 is 0 Å². The number of likely N-dealkylation sites (N-methyl/N-ethyl adjacent to an activating group) is 1. The van der Waals surface area contributed by atoms with Crippen molar-refractivity contribution in [3.05, 3.63) is 35.4 Å². The van der Waals surface area contributed by atoms with Crippen LogP contribution in [0.4, 0.5) is 0 Å². The van der Waals surface area contributed by atoms with Gasteiger partial charge >= 0.3 is 0 Å². The molecule has 0 aromatic heterocycles. The van der Waals surface area contributed by atoms with Crippen molar-refractivity contribution in [2.75, 3.05) is 46.6 Å². The summed E-state index contributed by atoms with van der Waals surface area (Å²) in [6.07, 6.45) is -1.96. The Morgan fingerprint density at radius 2 is 1.84 bits per heavy atom. The van der Waals surface area contributed by atoms with E-state index in [1.165, 1.54) is 4.90 Å². The Labute approximate surface area is 147 Å². The molecule has 0 aliphatic carbocycles. The molecule has 7 heteroatoms. The molecule has 7 nitrogen and oxygen atoms in total. The molecule has 0 bridgehead atoms. The lowest BCUT2D eigenvalue weighted by atomic mass is 10.0. The van der Waals surface area contributed by atoms with Gasteiger partial charge < -0.3 is 24.6 Å². The maximum Gasteiger partial charge on any atom is 0.254 e. The highest BCUT2D eigenvalue weighted by Crippen LogP contribution is 2.17. The molecule has 2 aliphatic heterocycles. The van der Waals surface area contributed by atoms with Crippen molar-refractivity contribution in [2.45, 2.75) is 24.8 Å². The fraction of sp³-hybridized carbons (Fsp3) is 0.611. The van der Waals surface area contributed by atoms with E-state index < -0.39 is 18.2 Å². The molecule has 0 unspecified atom stereocenters. The Kier molecular flexibility index (Phi) is 6.03. The Hall–Kier alpha value is -1.51. The molecular weight excluding hydrogens is 324 g/mol. The van der Waals surface area contributed by atoms with Gasteiger partial charge in [0.05, 0.1) is 32.5 Å². The fourth-order valence-electron chi connectivity index (χ4n) is 3.23. The molecule has 3 rings (SSSR count). The summed E-state index contributed by atoms with van der Waals surface area (Å²) in [6, 6.07) is 6.98. The lowest BCUT2D eigenvalue weighted by molar-refractivity contribution is -0.122. The summed E-state index contributed by atoms with van der Waals surface area (Å²) in [5.41, 5.74) is 1.71. The molecule has 3 atom stereocenters. The number of hydrogen-bond acceptors (Lipinski definition) is 6. The highest BCUT2D eigenvalue weighted by atomic mass is 16.5. The van der Waals surface area contributed by atoms with Gasteiger partial charge in [0, 0.05) is 32.2 Å². The van der Waals surface area contributed by atoms with Crippen LogP contribution < -0.4 is 0 Å². The van der Waals surface area contributed by atoms with E-state index in [-0.39, 0.29) is 19.1 Å². The molecule has 1 amide bonds. The van der Waals surface area contributed by atoms with E-state index in [0.29, 0.717) is 5.56 Å². The van der Waals surface area contributed by atoms with E-state index in [1.54, 1.807) is 19.2 Å². The standard InChI is InChI=1S/C18H26N2O5/c1-19(15-11-25-12-16(21)17(15)22)18(23)14-4-2-13(3-5-14)10-20-6-8-24-9-7-20/h2-5,15-17,21-22H,6-12H2,1H3/t15-,16-,17+/m1/s1. The third-order valence-corrected chi connectivity index (χ3v) is 4.89. The number of nitrogens with zero attached hydrogens (tertiary/aromatic N) is 2. The van der Waals surface area contributed by atoms with Crippen LogP contribution in [0.3, 0.4) is 0 Å². The number of hydrogen-bond donors (Lipinski definition) is 2. The van der Waals surface area contributed by atoms with Gasteiger partial charge in [-0.25, -0.2) is 0 Å². The van der Waals surface area contributed by atoms with Gasteiger partial charge in [0.25, 0.3) is 5.91 Å². The number of carbonyl (C=O) groups excluding carboxylic acids is 1. The topological polar surface area (TPSA) is 82.5 Å². The Bertz CT molecular complexity index is 573. The quantitative estimate of drug-likeness (QED) is 0.777. The molecule has 0 saturated carbocycles. The molecule has 0 radical (unpaired) electrons. The fourth-order valence-corrected chi connectivity index (χ4v) is 3.23. The Balaban J connectivity index is 1.61.